The van der Waals surface area contributed by atoms with Crippen LogP contribution in [0.3, 0.4) is 0 Å². The number of β-lactam (4-membered cyclic amide) rings is 1. The zero-order valence-electron chi connectivity index (χ0n) is 16.1. The fourth-order valence-electron chi connectivity index (χ4n) is 3.80. The predicted molar refractivity (Wildman–Crippen MR) is 118 cm³/mol. The molecule has 156 valence electrons. The molecule has 0 radical (unpaired) electrons. The van der Waals surface area contributed by atoms with Gasteiger partial charge < -0.3 is 15.0 Å². The quantitative estimate of drug-likeness (QED) is 0.280. The fourth-order valence-corrected chi connectivity index (χ4v) is 6.21. The van der Waals surface area contributed by atoms with E-state index in [1.165, 1.54) is 11.8 Å². The lowest BCUT2D eigenvalue weighted by Crippen LogP contribution is -2.73. The summed E-state index contributed by atoms with van der Waals surface area (Å²) in [5.41, 5.74) is 0.918. The summed E-state index contributed by atoms with van der Waals surface area (Å²) >= 11 is 4.98. The summed E-state index contributed by atoms with van der Waals surface area (Å²) in [6.45, 7) is 0.265. The Morgan fingerprint density at radius 2 is 1.80 bits per heavy atom. The minimum atomic E-state index is -0.856. The maximum Gasteiger partial charge on any atom is 0.316 e. The Hall–Kier alpha value is -2.32. The molecule has 2 fully saturated rings. The lowest BCUT2D eigenvalue weighted by atomic mass is 9.89. The number of rotatable bonds is 7. The molecule has 2 saturated heterocycles. The molecule has 0 spiro atoms. The number of fused-ring (bicyclic) bond motifs is 1. The van der Waals surface area contributed by atoms with Gasteiger partial charge >= 0.3 is 5.97 Å². The Morgan fingerprint density at radius 3 is 2.33 bits per heavy atom. The minimum absolute atomic E-state index is 0.137. The highest BCUT2D eigenvalue weighted by Gasteiger charge is 2.57. The average molecular weight is 489 g/mol. The number of halogens is 1. The van der Waals surface area contributed by atoms with Crippen molar-refractivity contribution >= 4 is 46.0 Å². The van der Waals surface area contributed by atoms with Gasteiger partial charge in [0, 0.05) is 17.6 Å². The molecule has 2 aromatic rings. The van der Waals surface area contributed by atoms with Gasteiger partial charge in [0.15, 0.2) is 6.10 Å². The van der Waals surface area contributed by atoms with Crippen LogP contribution in [0.25, 0.3) is 0 Å². The first-order chi connectivity index (χ1) is 14.6. The monoisotopic (exact) mass is 488 g/mol. The van der Waals surface area contributed by atoms with Crippen molar-refractivity contribution in [1.29, 1.82) is 0 Å². The molecule has 1 N–H and O–H groups in total. The van der Waals surface area contributed by atoms with Crippen LogP contribution in [0, 0.1) is 5.41 Å². The maximum absolute atomic E-state index is 13.4. The topological polar surface area (TPSA) is 75.7 Å². The lowest BCUT2D eigenvalue weighted by molar-refractivity contribution is -0.163. The molecular weight excluding hydrogens is 468 g/mol. The summed E-state index contributed by atoms with van der Waals surface area (Å²) in [7, 11) is 0. The van der Waals surface area contributed by atoms with Crippen LogP contribution in [0.5, 0.6) is 0 Å². The zero-order valence-corrected chi connectivity index (χ0v) is 18.5. The first-order valence-electron chi connectivity index (χ1n) is 9.58. The van der Waals surface area contributed by atoms with Crippen LogP contribution in [0.15, 0.2) is 60.7 Å². The second-order valence-corrected chi connectivity index (χ2v) is 9.12. The third-order valence-corrected chi connectivity index (χ3v) is 8.17. The standard InChI is InChI=1S/C22H21BrN2O4S/c23-11-22(12-25-19(27)17(24-14-26)20(25)30-13-22)21(28)29-18(15-7-3-1-4-8-15)16-9-5-2-6-10-16/h1-10,14,17-18,20H,11-13H2,(H,24,26)/t17?,20-,22?/m1/s1. The minimum Gasteiger partial charge on any atom is -0.452 e. The van der Waals surface area contributed by atoms with E-state index >= 15 is 0 Å². The predicted octanol–water partition coefficient (Wildman–Crippen LogP) is 2.73. The average Bonchev–Trinajstić information content (AvgIpc) is 2.81. The number of nitrogens with zero attached hydrogens (tertiary/aromatic N) is 1. The lowest BCUT2D eigenvalue weighted by Gasteiger charge is -2.53. The summed E-state index contributed by atoms with van der Waals surface area (Å²) in [6.07, 6.45) is 0.0147. The van der Waals surface area contributed by atoms with Gasteiger partial charge in [-0.1, -0.05) is 76.6 Å². The number of alkyl halides is 1. The second kappa shape index (κ2) is 8.81. The van der Waals surface area contributed by atoms with Crippen molar-refractivity contribution in [2.45, 2.75) is 17.5 Å². The summed E-state index contributed by atoms with van der Waals surface area (Å²) in [5, 5.41) is 2.80. The molecule has 4 rings (SSSR count). The van der Waals surface area contributed by atoms with E-state index in [1.807, 2.05) is 60.7 Å². The van der Waals surface area contributed by atoms with Crippen molar-refractivity contribution in [3.63, 3.8) is 0 Å². The highest BCUT2D eigenvalue weighted by molar-refractivity contribution is 9.09. The maximum atomic E-state index is 13.4. The molecule has 6 nitrogen and oxygen atoms in total. The van der Waals surface area contributed by atoms with Gasteiger partial charge in [-0.2, -0.15) is 0 Å². The number of thioether (sulfide) groups is 1. The molecule has 2 aromatic carbocycles. The number of ether oxygens (including phenoxy) is 1. The van der Waals surface area contributed by atoms with E-state index in [2.05, 4.69) is 21.2 Å². The molecular formula is C22H21BrN2O4S. The first kappa shape index (κ1) is 20.9. The van der Waals surface area contributed by atoms with Gasteiger partial charge in [-0.05, 0) is 11.1 Å². The SMILES string of the molecule is O=CNC1C(=O)N2CC(CBr)(C(=O)OC(c3ccccc3)c3ccccc3)CS[C@H]12. The Bertz CT molecular complexity index is 890. The van der Waals surface area contributed by atoms with Crippen molar-refractivity contribution in [2.75, 3.05) is 17.6 Å². The number of hydrogen-bond acceptors (Lipinski definition) is 5. The van der Waals surface area contributed by atoms with Crippen molar-refractivity contribution in [3.8, 4) is 0 Å². The largest absolute Gasteiger partial charge is 0.452 e. The van der Waals surface area contributed by atoms with Crippen molar-refractivity contribution in [3.05, 3.63) is 71.8 Å². The van der Waals surface area contributed by atoms with Crippen molar-refractivity contribution in [2.24, 2.45) is 5.41 Å². The second-order valence-electron chi connectivity index (χ2n) is 7.45. The van der Waals surface area contributed by atoms with Gasteiger partial charge in [0.2, 0.25) is 12.3 Å². The molecule has 3 atom stereocenters. The zero-order chi connectivity index (χ0) is 21.1. The number of hydrogen-bond donors (Lipinski definition) is 1. The van der Waals surface area contributed by atoms with E-state index in [1.54, 1.807) is 4.90 Å². The normalized spacial score (nSPS) is 25.3. The Kier molecular flexibility index (Phi) is 6.15. The highest BCUT2D eigenvalue weighted by Crippen LogP contribution is 2.44. The summed E-state index contributed by atoms with van der Waals surface area (Å²) in [4.78, 5) is 38.2. The molecule has 0 saturated carbocycles. The molecule has 2 aliphatic rings. The van der Waals surface area contributed by atoms with Crippen LogP contribution in [0.1, 0.15) is 17.2 Å². The third-order valence-electron chi connectivity index (χ3n) is 5.51. The van der Waals surface area contributed by atoms with E-state index in [-0.39, 0.29) is 23.8 Å². The van der Waals surface area contributed by atoms with Gasteiger partial charge in [0.05, 0.1) is 0 Å². The van der Waals surface area contributed by atoms with Crippen LogP contribution in [-0.4, -0.2) is 52.2 Å². The molecule has 2 heterocycles. The molecule has 8 heteroatoms. The van der Waals surface area contributed by atoms with Gasteiger partial charge in [-0.25, -0.2) is 0 Å². The molecule has 0 aliphatic carbocycles. The molecule has 30 heavy (non-hydrogen) atoms. The molecule has 2 unspecified atom stereocenters. The van der Waals surface area contributed by atoms with E-state index < -0.39 is 17.6 Å². The number of amides is 2. The van der Waals surface area contributed by atoms with Gasteiger partial charge in [-0.15, -0.1) is 11.8 Å². The molecule has 2 amide bonds. The number of esters is 1. The summed E-state index contributed by atoms with van der Waals surface area (Å²) in [6, 6.07) is 18.7. The van der Waals surface area contributed by atoms with E-state index in [0.717, 1.165) is 11.1 Å². The number of carbonyl (C=O) groups is 3. The third kappa shape index (κ3) is 3.74. The number of benzene rings is 2. The first-order valence-corrected chi connectivity index (χ1v) is 11.8. The molecule has 0 aromatic heterocycles. The van der Waals surface area contributed by atoms with E-state index in [0.29, 0.717) is 17.5 Å². The van der Waals surface area contributed by atoms with Crippen LogP contribution >= 0.6 is 27.7 Å². The van der Waals surface area contributed by atoms with Gasteiger partial charge in [0.1, 0.15) is 16.8 Å². The number of nitrogens with one attached hydrogen (secondary N) is 1. The smallest absolute Gasteiger partial charge is 0.316 e. The van der Waals surface area contributed by atoms with Crippen LogP contribution in [0.4, 0.5) is 0 Å². The molecule has 2 aliphatic heterocycles. The van der Waals surface area contributed by atoms with E-state index in [4.69, 9.17) is 4.74 Å². The summed E-state index contributed by atoms with van der Waals surface area (Å²) < 4.78 is 6.08. The van der Waals surface area contributed by atoms with Gasteiger partial charge in [-0.3, -0.25) is 14.4 Å². The summed E-state index contributed by atoms with van der Waals surface area (Å²) in [5.74, 6) is -0.0125. The molecule has 0 bridgehead atoms. The Labute approximate surface area is 187 Å². The fraction of sp³-hybridized carbons (Fsp3) is 0.318. The Morgan fingerprint density at radius 1 is 1.20 bits per heavy atom. The highest BCUT2D eigenvalue weighted by atomic mass is 79.9. The van der Waals surface area contributed by atoms with Crippen LogP contribution in [-0.2, 0) is 19.1 Å². The van der Waals surface area contributed by atoms with Crippen LogP contribution < -0.4 is 5.32 Å². The van der Waals surface area contributed by atoms with Crippen molar-refractivity contribution < 1.29 is 19.1 Å². The van der Waals surface area contributed by atoms with Crippen molar-refractivity contribution in [1.82, 2.24) is 10.2 Å². The van der Waals surface area contributed by atoms with Crippen LogP contribution in [0.2, 0.25) is 0 Å². The van der Waals surface area contributed by atoms with E-state index in [9.17, 15) is 14.4 Å². The number of carbonyl (C=O) groups excluding carboxylic acids is 3. The van der Waals surface area contributed by atoms with Gasteiger partial charge in [0.25, 0.3) is 0 Å². The Balaban J connectivity index is 1.56.